The van der Waals surface area contributed by atoms with Gasteiger partial charge in [0.05, 0.1) is 0 Å². The van der Waals surface area contributed by atoms with E-state index in [1.165, 1.54) is 29.5 Å². The monoisotopic (exact) mass is 350 g/mol. The highest BCUT2D eigenvalue weighted by Gasteiger charge is 2.11. The molecule has 24 heavy (non-hydrogen) atoms. The van der Waals surface area contributed by atoms with Gasteiger partial charge in [-0.2, -0.15) is 5.10 Å². The summed E-state index contributed by atoms with van der Waals surface area (Å²) >= 11 is 0. The summed E-state index contributed by atoms with van der Waals surface area (Å²) in [6.07, 6.45) is 2.79. The molecule has 0 fully saturated rings. The van der Waals surface area contributed by atoms with Crippen molar-refractivity contribution >= 4 is 12.4 Å². The van der Waals surface area contributed by atoms with Crippen LogP contribution in [0.2, 0.25) is 0 Å². The van der Waals surface area contributed by atoms with Gasteiger partial charge in [0.15, 0.2) is 0 Å². The Morgan fingerprint density at radius 1 is 1.12 bits per heavy atom. The van der Waals surface area contributed by atoms with E-state index in [-0.39, 0.29) is 30.1 Å². The number of rotatable bonds is 5. The molecule has 0 spiro atoms. The van der Waals surface area contributed by atoms with Crippen molar-refractivity contribution in [3.8, 4) is 5.69 Å². The van der Waals surface area contributed by atoms with Gasteiger partial charge in [0.2, 0.25) is 0 Å². The van der Waals surface area contributed by atoms with E-state index in [0.29, 0.717) is 17.8 Å². The van der Waals surface area contributed by atoms with Crippen molar-refractivity contribution in [1.82, 2.24) is 20.1 Å². The zero-order chi connectivity index (χ0) is 16.2. The fraction of sp³-hybridized carbons (Fsp3) is 0.176. The lowest BCUT2D eigenvalue weighted by Gasteiger charge is -2.15. The summed E-state index contributed by atoms with van der Waals surface area (Å²) in [5.74, 6) is -0.631. The Labute approximate surface area is 145 Å². The van der Waals surface area contributed by atoms with Crippen LogP contribution in [0.5, 0.6) is 0 Å². The summed E-state index contributed by atoms with van der Waals surface area (Å²) in [5, 5.41) is 7.10. The van der Waals surface area contributed by atoms with Crippen LogP contribution in [-0.4, -0.2) is 14.8 Å². The van der Waals surface area contributed by atoms with Crippen LogP contribution in [0, 0.1) is 11.6 Å². The molecule has 1 N–H and O–H groups in total. The SMILES string of the molecule is CC(NCc1ccc(-n2cncn2)c(F)c1)c1ccccc1F.Cl. The molecule has 0 aliphatic carbocycles. The zero-order valence-corrected chi connectivity index (χ0v) is 13.8. The smallest absolute Gasteiger partial charge is 0.149 e. The lowest BCUT2D eigenvalue weighted by Crippen LogP contribution is -2.19. The van der Waals surface area contributed by atoms with Crippen LogP contribution in [0.15, 0.2) is 55.1 Å². The molecule has 4 nitrogen and oxygen atoms in total. The van der Waals surface area contributed by atoms with E-state index in [2.05, 4.69) is 15.4 Å². The highest BCUT2D eigenvalue weighted by molar-refractivity contribution is 5.85. The second-order valence-corrected chi connectivity index (χ2v) is 5.25. The van der Waals surface area contributed by atoms with E-state index in [9.17, 15) is 8.78 Å². The largest absolute Gasteiger partial charge is 0.306 e. The van der Waals surface area contributed by atoms with E-state index < -0.39 is 0 Å². The average molecular weight is 351 g/mol. The first-order chi connectivity index (χ1) is 11.1. The molecule has 7 heteroatoms. The third-order valence-electron chi connectivity index (χ3n) is 3.66. The Balaban J connectivity index is 0.00000208. The highest BCUT2D eigenvalue weighted by Crippen LogP contribution is 2.18. The Morgan fingerprint density at radius 2 is 1.92 bits per heavy atom. The molecule has 0 saturated carbocycles. The van der Waals surface area contributed by atoms with Gasteiger partial charge in [0.25, 0.3) is 0 Å². The molecule has 3 aromatic rings. The molecule has 0 saturated heterocycles. The van der Waals surface area contributed by atoms with E-state index in [4.69, 9.17) is 0 Å². The summed E-state index contributed by atoms with van der Waals surface area (Å²) in [6.45, 7) is 2.31. The fourth-order valence-electron chi connectivity index (χ4n) is 2.39. The lowest BCUT2D eigenvalue weighted by atomic mass is 10.1. The van der Waals surface area contributed by atoms with Crippen molar-refractivity contribution in [3.05, 3.63) is 77.9 Å². The van der Waals surface area contributed by atoms with Gasteiger partial charge in [-0.1, -0.05) is 24.3 Å². The van der Waals surface area contributed by atoms with E-state index in [0.717, 1.165) is 5.56 Å². The molecule has 1 unspecified atom stereocenters. The molecule has 126 valence electrons. The highest BCUT2D eigenvalue weighted by atomic mass is 35.5. The molecule has 1 heterocycles. The van der Waals surface area contributed by atoms with Crippen LogP contribution in [0.1, 0.15) is 24.1 Å². The van der Waals surface area contributed by atoms with Crippen LogP contribution in [0.25, 0.3) is 5.69 Å². The van der Waals surface area contributed by atoms with Gasteiger partial charge in [-0.25, -0.2) is 18.4 Å². The van der Waals surface area contributed by atoms with Gasteiger partial charge in [-0.15, -0.1) is 12.4 Å². The molecule has 0 amide bonds. The number of aromatic nitrogens is 3. The molecule has 0 radical (unpaired) electrons. The number of benzene rings is 2. The van der Waals surface area contributed by atoms with Crippen molar-refractivity contribution in [3.63, 3.8) is 0 Å². The number of hydrogen-bond acceptors (Lipinski definition) is 3. The van der Waals surface area contributed by atoms with Crippen LogP contribution < -0.4 is 5.32 Å². The normalized spacial score (nSPS) is 11.8. The minimum absolute atomic E-state index is 0. The quantitative estimate of drug-likeness (QED) is 0.760. The van der Waals surface area contributed by atoms with Gasteiger partial charge < -0.3 is 5.32 Å². The van der Waals surface area contributed by atoms with Crippen LogP contribution in [-0.2, 0) is 6.54 Å². The van der Waals surface area contributed by atoms with Crippen LogP contribution in [0.4, 0.5) is 8.78 Å². The molecule has 1 aromatic heterocycles. The Hall–Kier alpha value is -2.31. The number of nitrogens with zero attached hydrogens (tertiary/aromatic N) is 3. The first-order valence-electron chi connectivity index (χ1n) is 7.26. The maximum atomic E-state index is 14.1. The molecular formula is C17H17ClF2N4. The summed E-state index contributed by atoms with van der Waals surface area (Å²) < 4.78 is 29.2. The van der Waals surface area contributed by atoms with Crippen molar-refractivity contribution in [2.45, 2.75) is 19.5 Å². The Kier molecular flexibility index (Phi) is 6.00. The van der Waals surface area contributed by atoms with Gasteiger partial charge in [-0.3, -0.25) is 0 Å². The van der Waals surface area contributed by atoms with Crippen molar-refractivity contribution in [1.29, 1.82) is 0 Å². The second-order valence-electron chi connectivity index (χ2n) is 5.25. The van der Waals surface area contributed by atoms with Crippen LogP contribution >= 0.6 is 12.4 Å². The van der Waals surface area contributed by atoms with Crippen molar-refractivity contribution < 1.29 is 8.78 Å². The standard InChI is InChI=1S/C17H16F2N4.ClH/c1-12(14-4-2-3-5-15(14)18)21-9-13-6-7-17(16(19)8-13)23-11-20-10-22-23;/h2-8,10-12,21H,9H2,1H3;1H. The molecule has 1 atom stereocenters. The number of nitrogens with one attached hydrogen (secondary N) is 1. The molecule has 3 rings (SSSR count). The predicted molar refractivity (Wildman–Crippen MR) is 90.2 cm³/mol. The number of hydrogen-bond donors (Lipinski definition) is 1. The minimum atomic E-state index is -0.381. The number of halogens is 3. The maximum absolute atomic E-state index is 14.1. The summed E-state index contributed by atoms with van der Waals surface area (Å²) in [4.78, 5) is 3.80. The lowest BCUT2D eigenvalue weighted by molar-refractivity contribution is 0.526. The maximum Gasteiger partial charge on any atom is 0.149 e. The third kappa shape index (κ3) is 3.96. The Bertz CT molecular complexity index is 793. The first-order valence-corrected chi connectivity index (χ1v) is 7.26. The fourth-order valence-corrected chi connectivity index (χ4v) is 2.39. The Morgan fingerprint density at radius 3 is 2.58 bits per heavy atom. The molecule has 2 aromatic carbocycles. The topological polar surface area (TPSA) is 42.7 Å². The molecule has 0 aliphatic rings. The van der Waals surface area contributed by atoms with E-state index >= 15 is 0 Å². The van der Waals surface area contributed by atoms with Gasteiger partial charge in [0.1, 0.15) is 30.0 Å². The van der Waals surface area contributed by atoms with E-state index in [1.807, 2.05) is 6.92 Å². The summed E-state index contributed by atoms with van der Waals surface area (Å²) in [5.41, 5.74) is 1.70. The first kappa shape index (κ1) is 18.0. The summed E-state index contributed by atoms with van der Waals surface area (Å²) in [7, 11) is 0. The van der Waals surface area contributed by atoms with E-state index in [1.54, 1.807) is 30.3 Å². The van der Waals surface area contributed by atoms with Gasteiger partial charge in [0, 0.05) is 18.2 Å². The third-order valence-corrected chi connectivity index (χ3v) is 3.66. The second kappa shape index (κ2) is 7.99. The molecular weight excluding hydrogens is 334 g/mol. The average Bonchev–Trinajstić information content (AvgIpc) is 3.07. The minimum Gasteiger partial charge on any atom is -0.306 e. The predicted octanol–water partition coefficient (Wildman–Crippen LogP) is 3.82. The van der Waals surface area contributed by atoms with Crippen molar-refractivity contribution in [2.75, 3.05) is 0 Å². The zero-order valence-electron chi connectivity index (χ0n) is 13.0. The van der Waals surface area contributed by atoms with Gasteiger partial charge >= 0.3 is 0 Å². The van der Waals surface area contributed by atoms with Crippen molar-refractivity contribution in [2.24, 2.45) is 0 Å². The molecule has 0 bridgehead atoms. The van der Waals surface area contributed by atoms with Gasteiger partial charge in [-0.05, 0) is 30.7 Å². The van der Waals surface area contributed by atoms with Crippen LogP contribution in [0.3, 0.4) is 0 Å². The summed E-state index contributed by atoms with van der Waals surface area (Å²) in [6, 6.07) is 11.3. The molecule has 0 aliphatic heterocycles.